The molecular formula is C10H10ClN5O. The van der Waals surface area contributed by atoms with E-state index in [1.807, 2.05) is 6.92 Å². The summed E-state index contributed by atoms with van der Waals surface area (Å²) in [4.78, 5) is 13.2. The van der Waals surface area contributed by atoms with Crippen LogP contribution in [-0.4, -0.2) is 26.1 Å². The van der Waals surface area contributed by atoms with E-state index >= 15 is 0 Å². The molecule has 2 aromatic rings. The Kier molecular flexibility index (Phi) is 3.34. The molecule has 2 rings (SSSR count). The Morgan fingerprint density at radius 2 is 2.24 bits per heavy atom. The summed E-state index contributed by atoms with van der Waals surface area (Å²) in [5.74, 6) is -0.192. The minimum Gasteiger partial charge on any atom is -0.288 e. The lowest BCUT2D eigenvalue weighted by atomic mass is 10.2. The molecule has 0 unspecified atom stereocenters. The third kappa shape index (κ3) is 2.59. The molecule has 6 nitrogen and oxygen atoms in total. The molecule has 1 amide bonds. The van der Waals surface area contributed by atoms with Crippen molar-refractivity contribution in [1.29, 1.82) is 0 Å². The van der Waals surface area contributed by atoms with Gasteiger partial charge in [-0.1, -0.05) is 28.8 Å². The molecule has 1 N–H and O–H groups in total. The summed E-state index contributed by atoms with van der Waals surface area (Å²) in [6, 6.07) is 6.76. The Bertz CT molecular complexity index is 539. The molecule has 0 aliphatic rings. The third-order valence-electron chi connectivity index (χ3n) is 2.08. The van der Waals surface area contributed by atoms with Gasteiger partial charge < -0.3 is 0 Å². The summed E-state index contributed by atoms with van der Waals surface area (Å²) in [6.45, 7) is 2.47. The van der Waals surface area contributed by atoms with Gasteiger partial charge in [-0.3, -0.25) is 10.1 Å². The fourth-order valence-corrected chi connectivity index (χ4v) is 1.46. The lowest BCUT2D eigenvalue weighted by Gasteiger charge is -2.02. The zero-order valence-corrected chi connectivity index (χ0v) is 9.85. The van der Waals surface area contributed by atoms with E-state index < -0.39 is 0 Å². The number of nitrogens with zero attached hydrogens (tertiary/aromatic N) is 4. The molecule has 1 aromatic carbocycles. The van der Waals surface area contributed by atoms with Crippen molar-refractivity contribution in [2.45, 2.75) is 13.5 Å². The maximum absolute atomic E-state index is 11.8. The molecular weight excluding hydrogens is 242 g/mol. The van der Waals surface area contributed by atoms with E-state index in [9.17, 15) is 4.79 Å². The molecule has 0 radical (unpaired) electrons. The van der Waals surface area contributed by atoms with Crippen LogP contribution >= 0.6 is 11.6 Å². The van der Waals surface area contributed by atoms with Crippen LogP contribution < -0.4 is 5.32 Å². The molecule has 0 fully saturated rings. The van der Waals surface area contributed by atoms with Crippen molar-refractivity contribution in [3.63, 3.8) is 0 Å². The van der Waals surface area contributed by atoms with Gasteiger partial charge in [-0.25, -0.2) is 0 Å². The molecule has 0 aliphatic heterocycles. The second-order valence-electron chi connectivity index (χ2n) is 3.24. The summed E-state index contributed by atoms with van der Waals surface area (Å²) < 4.78 is 0. The maximum Gasteiger partial charge on any atom is 0.270 e. The van der Waals surface area contributed by atoms with E-state index in [1.165, 1.54) is 4.80 Å². The Labute approximate surface area is 103 Å². The lowest BCUT2D eigenvalue weighted by Crippen LogP contribution is -2.13. The number of benzene rings is 1. The van der Waals surface area contributed by atoms with Crippen LogP contribution in [0.2, 0.25) is 5.02 Å². The van der Waals surface area contributed by atoms with Gasteiger partial charge in [0, 0.05) is 0 Å². The smallest absolute Gasteiger partial charge is 0.270 e. The summed E-state index contributed by atoms with van der Waals surface area (Å²) in [5.41, 5.74) is 0.377. The number of anilines is 1. The number of amides is 1. The zero-order valence-electron chi connectivity index (χ0n) is 9.09. The van der Waals surface area contributed by atoms with Gasteiger partial charge in [0.2, 0.25) is 0 Å². The number of aromatic nitrogens is 4. The van der Waals surface area contributed by atoms with Gasteiger partial charge in [-0.2, -0.15) is 4.80 Å². The fourth-order valence-electron chi connectivity index (χ4n) is 1.24. The van der Waals surface area contributed by atoms with E-state index in [2.05, 4.69) is 20.7 Å². The number of hydrogen-bond donors (Lipinski definition) is 1. The van der Waals surface area contributed by atoms with E-state index in [4.69, 9.17) is 11.6 Å². The van der Waals surface area contributed by atoms with Crippen LogP contribution in [0.1, 0.15) is 17.3 Å². The Hall–Kier alpha value is -1.95. The van der Waals surface area contributed by atoms with E-state index in [1.54, 1.807) is 24.3 Å². The monoisotopic (exact) mass is 251 g/mol. The highest BCUT2D eigenvalue weighted by atomic mass is 35.5. The average Bonchev–Trinajstić information content (AvgIpc) is 2.77. The number of halogens is 1. The molecule has 0 spiro atoms. The molecule has 7 heteroatoms. The molecule has 1 aromatic heterocycles. The minimum atomic E-state index is -0.355. The van der Waals surface area contributed by atoms with Crippen molar-refractivity contribution < 1.29 is 4.79 Å². The van der Waals surface area contributed by atoms with Gasteiger partial charge in [0.25, 0.3) is 11.9 Å². The van der Waals surface area contributed by atoms with Crippen LogP contribution in [0.25, 0.3) is 0 Å². The minimum absolute atomic E-state index is 0.164. The van der Waals surface area contributed by atoms with Crippen molar-refractivity contribution in [1.82, 2.24) is 20.2 Å². The standard InChI is InChI=1S/C10H10ClN5O/c1-2-16-14-10(13-15-16)12-9(17)7-5-3-4-6-8(7)11/h3-6H,2H2,1H3,(H,12,14,17). The number of hydrogen-bond acceptors (Lipinski definition) is 4. The number of aryl methyl sites for hydroxylation is 1. The Morgan fingerprint density at radius 3 is 2.88 bits per heavy atom. The first-order valence-electron chi connectivity index (χ1n) is 5.04. The topological polar surface area (TPSA) is 72.7 Å². The third-order valence-corrected chi connectivity index (χ3v) is 2.41. The zero-order chi connectivity index (χ0) is 12.3. The maximum atomic E-state index is 11.8. The van der Waals surface area contributed by atoms with Gasteiger partial charge in [-0.15, -0.1) is 5.10 Å². The molecule has 1 heterocycles. The normalized spacial score (nSPS) is 10.2. The fraction of sp³-hybridized carbons (Fsp3) is 0.200. The molecule has 0 saturated carbocycles. The summed E-state index contributed by atoms with van der Waals surface area (Å²) in [7, 11) is 0. The number of tetrazole rings is 1. The highest BCUT2D eigenvalue weighted by Gasteiger charge is 2.12. The number of rotatable bonds is 3. The second kappa shape index (κ2) is 4.92. The van der Waals surface area contributed by atoms with Gasteiger partial charge >= 0.3 is 0 Å². The molecule has 0 saturated heterocycles. The average molecular weight is 252 g/mol. The first kappa shape index (κ1) is 11.5. The lowest BCUT2D eigenvalue weighted by molar-refractivity contribution is 0.102. The quantitative estimate of drug-likeness (QED) is 0.899. The number of carbonyl (C=O) groups is 1. The van der Waals surface area contributed by atoms with Crippen molar-refractivity contribution in [2.75, 3.05) is 5.32 Å². The van der Waals surface area contributed by atoms with Gasteiger partial charge in [0.05, 0.1) is 17.1 Å². The van der Waals surface area contributed by atoms with Crippen molar-refractivity contribution in [3.8, 4) is 0 Å². The van der Waals surface area contributed by atoms with E-state index in [0.29, 0.717) is 17.1 Å². The molecule has 0 aliphatic carbocycles. The van der Waals surface area contributed by atoms with E-state index in [-0.39, 0.29) is 11.9 Å². The van der Waals surface area contributed by atoms with Gasteiger partial charge in [-0.05, 0) is 24.3 Å². The summed E-state index contributed by atoms with van der Waals surface area (Å²) in [6.07, 6.45) is 0. The van der Waals surface area contributed by atoms with Crippen molar-refractivity contribution >= 4 is 23.5 Å². The number of carbonyl (C=O) groups excluding carboxylic acids is 1. The Balaban J connectivity index is 2.14. The van der Waals surface area contributed by atoms with Gasteiger partial charge in [0.1, 0.15) is 0 Å². The number of nitrogens with one attached hydrogen (secondary N) is 1. The molecule has 17 heavy (non-hydrogen) atoms. The van der Waals surface area contributed by atoms with Crippen LogP contribution in [-0.2, 0) is 6.54 Å². The summed E-state index contributed by atoms with van der Waals surface area (Å²) in [5, 5.41) is 14.3. The predicted molar refractivity (Wildman–Crippen MR) is 62.9 cm³/mol. The molecule has 88 valence electrons. The first-order chi connectivity index (χ1) is 8.20. The first-order valence-corrected chi connectivity index (χ1v) is 5.42. The van der Waals surface area contributed by atoms with Gasteiger partial charge in [0.15, 0.2) is 0 Å². The van der Waals surface area contributed by atoms with Crippen molar-refractivity contribution in [3.05, 3.63) is 34.9 Å². The molecule has 0 bridgehead atoms. The predicted octanol–water partition coefficient (Wildman–Crippen LogP) is 1.60. The highest BCUT2D eigenvalue weighted by Crippen LogP contribution is 2.15. The SMILES string of the molecule is CCn1nnc(NC(=O)c2ccccc2Cl)n1. The second-order valence-corrected chi connectivity index (χ2v) is 3.64. The van der Waals surface area contributed by atoms with Crippen LogP contribution in [0.3, 0.4) is 0 Å². The summed E-state index contributed by atoms with van der Waals surface area (Å²) >= 11 is 5.90. The largest absolute Gasteiger partial charge is 0.288 e. The molecule has 0 atom stereocenters. The Morgan fingerprint density at radius 1 is 1.47 bits per heavy atom. The van der Waals surface area contributed by atoms with E-state index in [0.717, 1.165) is 0 Å². The van der Waals surface area contributed by atoms with Crippen molar-refractivity contribution in [2.24, 2.45) is 0 Å². The van der Waals surface area contributed by atoms with Crippen LogP contribution in [0.4, 0.5) is 5.95 Å². The highest BCUT2D eigenvalue weighted by molar-refractivity contribution is 6.34. The van der Waals surface area contributed by atoms with Crippen LogP contribution in [0.15, 0.2) is 24.3 Å². The van der Waals surface area contributed by atoms with Crippen LogP contribution in [0, 0.1) is 0 Å². The van der Waals surface area contributed by atoms with Crippen LogP contribution in [0.5, 0.6) is 0 Å².